The Kier molecular flexibility index (Phi) is 4.18. The van der Waals surface area contributed by atoms with Crippen LogP contribution in [-0.2, 0) is 0 Å². The van der Waals surface area contributed by atoms with E-state index in [0.717, 1.165) is 35.0 Å². The number of hydrogen-bond acceptors (Lipinski definition) is 3. The summed E-state index contributed by atoms with van der Waals surface area (Å²) in [5.41, 5.74) is 1.03. The van der Waals surface area contributed by atoms with Crippen molar-refractivity contribution in [3.63, 3.8) is 0 Å². The molecule has 0 spiro atoms. The first-order chi connectivity index (χ1) is 7.75. The van der Waals surface area contributed by atoms with Crippen LogP contribution in [-0.4, -0.2) is 24.6 Å². The predicted octanol–water partition coefficient (Wildman–Crippen LogP) is 2.56. The van der Waals surface area contributed by atoms with Crippen molar-refractivity contribution in [2.75, 3.05) is 25.0 Å². The van der Waals surface area contributed by atoms with Gasteiger partial charge in [-0.15, -0.1) is 0 Å². The van der Waals surface area contributed by atoms with E-state index in [-0.39, 0.29) is 0 Å². The highest BCUT2D eigenvalue weighted by Gasteiger charge is 2.12. The molecule has 88 valence electrons. The van der Waals surface area contributed by atoms with E-state index in [9.17, 15) is 0 Å². The molecule has 3 nitrogen and oxygen atoms in total. The van der Waals surface area contributed by atoms with Crippen molar-refractivity contribution in [2.24, 2.45) is 5.92 Å². The fourth-order valence-corrected chi connectivity index (χ4v) is 2.21. The fraction of sp³-hybridized carbons (Fsp3) is 0.583. The molecule has 2 N–H and O–H groups in total. The summed E-state index contributed by atoms with van der Waals surface area (Å²) in [7, 11) is 0. The standard InChI is InChI=1S/C12H18BrN3/c1-9-11(13)4-5-12(16-9)15-8-10-3-2-6-14-7-10/h4-5,10,14H,2-3,6-8H2,1H3,(H,15,16). The Hall–Kier alpha value is -0.610. The molecule has 1 aromatic rings. The minimum Gasteiger partial charge on any atom is -0.370 e. The SMILES string of the molecule is Cc1nc(NCC2CCCNC2)ccc1Br. The molecule has 1 fully saturated rings. The smallest absolute Gasteiger partial charge is 0.126 e. The summed E-state index contributed by atoms with van der Waals surface area (Å²) in [4.78, 5) is 4.48. The Morgan fingerprint density at radius 1 is 1.56 bits per heavy atom. The van der Waals surface area contributed by atoms with Crippen molar-refractivity contribution in [2.45, 2.75) is 19.8 Å². The quantitative estimate of drug-likeness (QED) is 0.895. The molecule has 16 heavy (non-hydrogen) atoms. The van der Waals surface area contributed by atoms with Gasteiger partial charge in [0.2, 0.25) is 0 Å². The summed E-state index contributed by atoms with van der Waals surface area (Å²) in [6.07, 6.45) is 2.61. The van der Waals surface area contributed by atoms with E-state index in [1.54, 1.807) is 0 Å². The first-order valence-electron chi connectivity index (χ1n) is 5.83. The third-order valence-electron chi connectivity index (χ3n) is 2.99. The lowest BCUT2D eigenvalue weighted by atomic mass is 10.00. The summed E-state index contributed by atoms with van der Waals surface area (Å²) in [5.74, 6) is 1.71. The van der Waals surface area contributed by atoms with E-state index in [1.807, 2.05) is 19.1 Å². The van der Waals surface area contributed by atoms with Gasteiger partial charge < -0.3 is 10.6 Å². The number of nitrogens with one attached hydrogen (secondary N) is 2. The third-order valence-corrected chi connectivity index (χ3v) is 3.83. The summed E-state index contributed by atoms with van der Waals surface area (Å²) in [5, 5.41) is 6.83. The second-order valence-electron chi connectivity index (χ2n) is 4.36. The van der Waals surface area contributed by atoms with Gasteiger partial charge >= 0.3 is 0 Å². The molecule has 0 saturated carbocycles. The molecule has 0 radical (unpaired) electrons. The van der Waals surface area contributed by atoms with Crippen LogP contribution in [0.1, 0.15) is 18.5 Å². The largest absolute Gasteiger partial charge is 0.370 e. The molecule has 4 heteroatoms. The van der Waals surface area contributed by atoms with Crippen LogP contribution in [0.5, 0.6) is 0 Å². The lowest BCUT2D eigenvalue weighted by Gasteiger charge is -2.23. The van der Waals surface area contributed by atoms with Crippen molar-refractivity contribution in [1.82, 2.24) is 10.3 Å². The van der Waals surface area contributed by atoms with Gasteiger partial charge in [0.15, 0.2) is 0 Å². The molecule has 0 bridgehead atoms. The van der Waals surface area contributed by atoms with Crippen LogP contribution in [0.15, 0.2) is 16.6 Å². The molecule has 1 aliphatic heterocycles. The van der Waals surface area contributed by atoms with Crippen molar-refractivity contribution in [3.8, 4) is 0 Å². The number of piperidine rings is 1. The molecular weight excluding hydrogens is 266 g/mol. The van der Waals surface area contributed by atoms with Crippen LogP contribution in [0.2, 0.25) is 0 Å². The summed E-state index contributed by atoms with van der Waals surface area (Å²) >= 11 is 3.46. The van der Waals surface area contributed by atoms with E-state index in [4.69, 9.17) is 0 Å². The Balaban J connectivity index is 1.86. The zero-order valence-corrected chi connectivity index (χ0v) is 11.2. The highest BCUT2D eigenvalue weighted by molar-refractivity contribution is 9.10. The van der Waals surface area contributed by atoms with Gasteiger partial charge in [-0.05, 0) is 66.8 Å². The summed E-state index contributed by atoms with van der Waals surface area (Å²) in [6, 6.07) is 4.07. The van der Waals surface area contributed by atoms with E-state index in [2.05, 4.69) is 31.5 Å². The molecule has 0 aromatic carbocycles. The second-order valence-corrected chi connectivity index (χ2v) is 5.21. The van der Waals surface area contributed by atoms with Gasteiger partial charge in [0.05, 0.1) is 5.69 Å². The van der Waals surface area contributed by atoms with Crippen LogP contribution in [0, 0.1) is 12.8 Å². The summed E-state index contributed by atoms with van der Waals surface area (Å²) < 4.78 is 1.07. The Labute approximate surface area is 105 Å². The maximum Gasteiger partial charge on any atom is 0.126 e. The van der Waals surface area contributed by atoms with Crippen LogP contribution >= 0.6 is 15.9 Å². The van der Waals surface area contributed by atoms with E-state index >= 15 is 0 Å². The van der Waals surface area contributed by atoms with Crippen LogP contribution in [0.4, 0.5) is 5.82 Å². The molecule has 1 aliphatic rings. The number of halogens is 1. The number of rotatable bonds is 3. The first-order valence-corrected chi connectivity index (χ1v) is 6.63. The monoisotopic (exact) mass is 283 g/mol. The summed E-state index contributed by atoms with van der Waals surface area (Å²) in [6.45, 7) is 5.33. The van der Waals surface area contributed by atoms with Gasteiger partial charge in [0, 0.05) is 11.0 Å². The molecule has 1 saturated heterocycles. The molecule has 1 unspecified atom stereocenters. The molecule has 2 rings (SSSR count). The molecule has 1 atom stereocenters. The fourth-order valence-electron chi connectivity index (χ4n) is 1.99. The van der Waals surface area contributed by atoms with Crippen molar-refractivity contribution >= 4 is 21.7 Å². The highest BCUT2D eigenvalue weighted by Crippen LogP contribution is 2.17. The topological polar surface area (TPSA) is 37.0 Å². The Morgan fingerprint density at radius 3 is 3.12 bits per heavy atom. The molecule has 2 heterocycles. The minimum absolute atomic E-state index is 0.736. The second kappa shape index (κ2) is 5.64. The molecule has 0 aliphatic carbocycles. The molecular formula is C12H18BrN3. The number of pyridine rings is 1. The zero-order chi connectivity index (χ0) is 11.4. The van der Waals surface area contributed by atoms with Gasteiger partial charge in [-0.1, -0.05) is 0 Å². The Morgan fingerprint density at radius 2 is 2.44 bits per heavy atom. The van der Waals surface area contributed by atoms with E-state index < -0.39 is 0 Å². The lowest BCUT2D eigenvalue weighted by molar-refractivity contribution is 0.392. The average molecular weight is 284 g/mol. The predicted molar refractivity (Wildman–Crippen MR) is 70.8 cm³/mol. The van der Waals surface area contributed by atoms with Gasteiger partial charge in [-0.25, -0.2) is 4.98 Å². The van der Waals surface area contributed by atoms with Gasteiger partial charge in [-0.2, -0.15) is 0 Å². The number of anilines is 1. The number of aromatic nitrogens is 1. The van der Waals surface area contributed by atoms with Gasteiger partial charge in [0.25, 0.3) is 0 Å². The van der Waals surface area contributed by atoms with Crippen molar-refractivity contribution in [3.05, 3.63) is 22.3 Å². The van der Waals surface area contributed by atoms with Gasteiger partial charge in [-0.3, -0.25) is 0 Å². The highest BCUT2D eigenvalue weighted by atomic mass is 79.9. The minimum atomic E-state index is 0.736. The van der Waals surface area contributed by atoms with Crippen molar-refractivity contribution in [1.29, 1.82) is 0 Å². The molecule has 0 amide bonds. The number of aryl methyl sites for hydroxylation is 1. The van der Waals surface area contributed by atoms with E-state index in [0.29, 0.717) is 0 Å². The maximum absolute atomic E-state index is 4.48. The van der Waals surface area contributed by atoms with Gasteiger partial charge in [0.1, 0.15) is 5.82 Å². The molecule has 1 aromatic heterocycles. The third kappa shape index (κ3) is 3.19. The number of nitrogens with zero attached hydrogens (tertiary/aromatic N) is 1. The van der Waals surface area contributed by atoms with Crippen molar-refractivity contribution < 1.29 is 0 Å². The Bertz CT molecular complexity index is 348. The van der Waals surface area contributed by atoms with E-state index in [1.165, 1.54) is 19.4 Å². The number of hydrogen-bond donors (Lipinski definition) is 2. The van der Waals surface area contributed by atoms with Crippen LogP contribution in [0.3, 0.4) is 0 Å². The zero-order valence-electron chi connectivity index (χ0n) is 9.59. The maximum atomic E-state index is 4.48. The normalized spacial score (nSPS) is 20.8. The first kappa shape index (κ1) is 11.9. The van der Waals surface area contributed by atoms with Crippen LogP contribution < -0.4 is 10.6 Å². The lowest BCUT2D eigenvalue weighted by Crippen LogP contribution is -2.33. The average Bonchev–Trinajstić information content (AvgIpc) is 2.32. The van der Waals surface area contributed by atoms with Crippen LogP contribution in [0.25, 0.3) is 0 Å².